The Morgan fingerprint density at radius 1 is 1.00 bits per heavy atom. The summed E-state index contributed by atoms with van der Waals surface area (Å²) in [6, 6.07) is 11.1. The van der Waals surface area contributed by atoms with E-state index >= 15 is 0 Å². The summed E-state index contributed by atoms with van der Waals surface area (Å²) in [7, 11) is 0. The summed E-state index contributed by atoms with van der Waals surface area (Å²) in [5.41, 5.74) is 6.03. The number of carbonyl (C=O) groups excluding carboxylic acids is 2. The molecule has 2 aromatic rings. The maximum atomic E-state index is 12.7. The largest absolute Gasteiger partial charge is 0.326 e. The molecule has 1 atom stereocenters. The lowest BCUT2D eigenvalue weighted by Crippen LogP contribution is -2.43. The van der Waals surface area contributed by atoms with Gasteiger partial charge in [0.25, 0.3) is 0 Å². The standard InChI is InChI=1S/C21H25N3O2/c1-13-5-6-18(16(4)10-13)22-21(26)23-19-7-8-24(20(19)25)17-11-14(2)9-15(3)12-17/h5-6,9-12,19H,7-8H2,1-4H3,(H2,22,23,26). The number of aryl methyl sites for hydroxylation is 4. The van der Waals surface area contributed by atoms with E-state index in [0.717, 1.165) is 33.6 Å². The number of rotatable bonds is 3. The molecule has 26 heavy (non-hydrogen) atoms. The molecule has 1 aliphatic heterocycles. The SMILES string of the molecule is Cc1cc(C)cc(N2CCC(NC(=O)Nc3ccc(C)cc3C)C2=O)c1. The first-order chi connectivity index (χ1) is 12.3. The zero-order valence-electron chi connectivity index (χ0n) is 15.7. The van der Waals surface area contributed by atoms with E-state index in [1.54, 1.807) is 4.90 Å². The summed E-state index contributed by atoms with van der Waals surface area (Å²) in [5, 5.41) is 5.64. The molecule has 0 aliphatic carbocycles. The molecule has 0 saturated carbocycles. The van der Waals surface area contributed by atoms with E-state index in [4.69, 9.17) is 0 Å². The Morgan fingerprint density at radius 3 is 2.35 bits per heavy atom. The molecule has 2 aromatic carbocycles. The van der Waals surface area contributed by atoms with Gasteiger partial charge in [0.1, 0.15) is 6.04 Å². The van der Waals surface area contributed by atoms with Gasteiger partial charge in [-0.05, 0) is 69.0 Å². The van der Waals surface area contributed by atoms with Gasteiger partial charge < -0.3 is 15.5 Å². The van der Waals surface area contributed by atoms with Crippen LogP contribution >= 0.6 is 0 Å². The molecule has 1 heterocycles. The molecule has 1 saturated heterocycles. The normalized spacial score (nSPS) is 16.7. The summed E-state index contributed by atoms with van der Waals surface area (Å²) in [4.78, 5) is 26.8. The first-order valence-electron chi connectivity index (χ1n) is 8.88. The fourth-order valence-electron chi connectivity index (χ4n) is 3.45. The van der Waals surface area contributed by atoms with Crippen molar-refractivity contribution in [2.75, 3.05) is 16.8 Å². The van der Waals surface area contributed by atoms with Gasteiger partial charge in [-0.2, -0.15) is 0 Å². The van der Waals surface area contributed by atoms with Crippen LogP contribution in [-0.4, -0.2) is 24.5 Å². The lowest BCUT2D eigenvalue weighted by Gasteiger charge is -2.19. The number of hydrogen-bond donors (Lipinski definition) is 2. The lowest BCUT2D eigenvalue weighted by atomic mass is 10.1. The van der Waals surface area contributed by atoms with E-state index in [0.29, 0.717) is 13.0 Å². The Labute approximate surface area is 154 Å². The molecule has 0 radical (unpaired) electrons. The molecule has 136 valence electrons. The number of nitrogens with one attached hydrogen (secondary N) is 2. The molecule has 5 heteroatoms. The molecular formula is C21H25N3O2. The second-order valence-electron chi connectivity index (χ2n) is 7.09. The highest BCUT2D eigenvalue weighted by molar-refractivity contribution is 6.02. The Kier molecular flexibility index (Phi) is 4.98. The summed E-state index contributed by atoms with van der Waals surface area (Å²) >= 11 is 0. The van der Waals surface area contributed by atoms with Crippen LogP contribution in [0.4, 0.5) is 16.2 Å². The van der Waals surface area contributed by atoms with Gasteiger partial charge in [0.15, 0.2) is 0 Å². The summed E-state index contributed by atoms with van der Waals surface area (Å²) in [6.07, 6.45) is 0.603. The van der Waals surface area contributed by atoms with Gasteiger partial charge >= 0.3 is 6.03 Å². The Balaban J connectivity index is 1.65. The lowest BCUT2D eigenvalue weighted by molar-refractivity contribution is -0.118. The minimum Gasteiger partial charge on any atom is -0.326 e. The number of nitrogens with zero attached hydrogens (tertiary/aromatic N) is 1. The van der Waals surface area contributed by atoms with Crippen molar-refractivity contribution in [3.05, 3.63) is 58.7 Å². The van der Waals surface area contributed by atoms with Crippen LogP contribution in [0.3, 0.4) is 0 Å². The zero-order chi connectivity index (χ0) is 18.8. The van der Waals surface area contributed by atoms with Crippen LogP contribution in [0.15, 0.2) is 36.4 Å². The maximum Gasteiger partial charge on any atom is 0.319 e. The fourth-order valence-corrected chi connectivity index (χ4v) is 3.45. The van der Waals surface area contributed by atoms with Crippen LogP contribution in [0.5, 0.6) is 0 Å². The Bertz CT molecular complexity index is 840. The average molecular weight is 351 g/mol. The smallest absolute Gasteiger partial charge is 0.319 e. The molecule has 2 N–H and O–H groups in total. The number of benzene rings is 2. The number of hydrogen-bond acceptors (Lipinski definition) is 2. The minimum atomic E-state index is -0.499. The summed E-state index contributed by atoms with van der Waals surface area (Å²) in [6.45, 7) is 8.60. The highest BCUT2D eigenvalue weighted by atomic mass is 16.2. The molecule has 0 spiro atoms. The van der Waals surface area contributed by atoms with E-state index < -0.39 is 6.04 Å². The van der Waals surface area contributed by atoms with Gasteiger partial charge in [-0.3, -0.25) is 4.79 Å². The Hall–Kier alpha value is -2.82. The highest BCUT2D eigenvalue weighted by Crippen LogP contribution is 2.24. The summed E-state index contributed by atoms with van der Waals surface area (Å²) in [5.74, 6) is -0.0641. The average Bonchev–Trinajstić information content (AvgIpc) is 2.90. The van der Waals surface area contributed by atoms with Crippen molar-refractivity contribution >= 4 is 23.3 Å². The van der Waals surface area contributed by atoms with Gasteiger partial charge in [0.2, 0.25) is 5.91 Å². The van der Waals surface area contributed by atoms with Crippen molar-refractivity contribution in [3.63, 3.8) is 0 Å². The van der Waals surface area contributed by atoms with Crippen LogP contribution in [0.1, 0.15) is 28.7 Å². The zero-order valence-corrected chi connectivity index (χ0v) is 15.7. The van der Waals surface area contributed by atoms with Crippen molar-refractivity contribution in [2.24, 2.45) is 0 Å². The maximum absolute atomic E-state index is 12.7. The number of carbonyl (C=O) groups is 2. The van der Waals surface area contributed by atoms with Crippen molar-refractivity contribution in [2.45, 2.75) is 40.2 Å². The van der Waals surface area contributed by atoms with Crippen LogP contribution in [-0.2, 0) is 4.79 Å². The van der Waals surface area contributed by atoms with Crippen LogP contribution in [0.2, 0.25) is 0 Å². The van der Waals surface area contributed by atoms with Crippen molar-refractivity contribution in [3.8, 4) is 0 Å². The van der Waals surface area contributed by atoms with E-state index in [-0.39, 0.29) is 11.9 Å². The molecule has 1 unspecified atom stereocenters. The third kappa shape index (κ3) is 3.87. The van der Waals surface area contributed by atoms with Gasteiger partial charge in [-0.25, -0.2) is 4.79 Å². The second-order valence-corrected chi connectivity index (χ2v) is 7.09. The number of urea groups is 1. The van der Waals surface area contributed by atoms with Gasteiger partial charge in [0, 0.05) is 17.9 Å². The van der Waals surface area contributed by atoms with Crippen molar-refractivity contribution in [1.29, 1.82) is 0 Å². The summed E-state index contributed by atoms with van der Waals surface area (Å²) < 4.78 is 0. The first kappa shape index (κ1) is 18.0. The molecule has 0 aromatic heterocycles. The molecule has 3 amide bonds. The third-order valence-electron chi connectivity index (χ3n) is 4.66. The van der Waals surface area contributed by atoms with Crippen LogP contribution in [0.25, 0.3) is 0 Å². The molecule has 3 rings (SSSR count). The highest BCUT2D eigenvalue weighted by Gasteiger charge is 2.33. The van der Waals surface area contributed by atoms with E-state index in [2.05, 4.69) is 16.7 Å². The molecular weight excluding hydrogens is 326 g/mol. The quantitative estimate of drug-likeness (QED) is 0.882. The fraction of sp³-hybridized carbons (Fsp3) is 0.333. The third-order valence-corrected chi connectivity index (χ3v) is 4.66. The topological polar surface area (TPSA) is 61.4 Å². The number of anilines is 2. The van der Waals surface area contributed by atoms with E-state index in [9.17, 15) is 9.59 Å². The van der Waals surface area contributed by atoms with Gasteiger partial charge in [-0.1, -0.05) is 23.8 Å². The first-order valence-corrected chi connectivity index (χ1v) is 8.88. The molecule has 0 bridgehead atoms. The van der Waals surface area contributed by atoms with Crippen molar-refractivity contribution < 1.29 is 9.59 Å². The minimum absolute atomic E-state index is 0.0641. The van der Waals surface area contributed by atoms with Gasteiger partial charge in [0.05, 0.1) is 0 Å². The molecule has 1 aliphatic rings. The van der Waals surface area contributed by atoms with Gasteiger partial charge in [-0.15, -0.1) is 0 Å². The monoisotopic (exact) mass is 351 g/mol. The predicted octanol–water partition coefficient (Wildman–Crippen LogP) is 3.85. The molecule has 1 fully saturated rings. The van der Waals surface area contributed by atoms with E-state index in [1.807, 2.05) is 58.0 Å². The number of amides is 3. The Morgan fingerprint density at radius 2 is 1.69 bits per heavy atom. The van der Waals surface area contributed by atoms with Crippen molar-refractivity contribution in [1.82, 2.24) is 5.32 Å². The van der Waals surface area contributed by atoms with E-state index in [1.165, 1.54) is 0 Å². The van der Waals surface area contributed by atoms with Crippen LogP contribution in [0, 0.1) is 27.7 Å². The van der Waals surface area contributed by atoms with Crippen LogP contribution < -0.4 is 15.5 Å². The predicted molar refractivity (Wildman–Crippen MR) is 105 cm³/mol. The molecule has 5 nitrogen and oxygen atoms in total. The second kappa shape index (κ2) is 7.20.